The van der Waals surface area contributed by atoms with Crippen LogP contribution in [0.5, 0.6) is 0 Å². The van der Waals surface area contributed by atoms with Gasteiger partial charge < -0.3 is 5.11 Å². The van der Waals surface area contributed by atoms with Gasteiger partial charge in [-0.2, -0.15) is 0 Å². The fourth-order valence-corrected chi connectivity index (χ4v) is 1.61. The van der Waals surface area contributed by atoms with Gasteiger partial charge >= 0.3 is 5.97 Å². The van der Waals surface area contributed by atoms with Crippen LogP contribution in [0, 0.1) is 5.92 Å². The number of carboxylic acid groups (broad SMARTS) is 1. The molecule has 0 saturated carbocycles. The predicted octanol–water partition coefficient (Wildman–Crippen LogP) is 0.411. The Hall–Kier alpha value is -1.65. The van der Waals surface area contributed by atoms with Gasteiger partial charge in [0.25, 0.3) is 0 Å². The SMILES string of the molecule is C=CCC(C(=O)O)N1C(=O)CC(C)C1=O. The van der Waals surface area contributed by atoms with E-state index in [-0.39, 0.29) is 12.8 Å². The van der Waals surface area contributed by atoms with Gasteiger partial charge in [0.2, 0.25) is 11.8 Å². The van der Waals surface area contributed by atoms with Crippen molar-refractivity contribution in [1.29, 1.82) is 0 Å². The lowest BCUT2D eigenvalue weighted by Crippen LogP contribution is -2.44. The van der Waals surface area contributed by atoms with E-state index in [1.165, 1.54) is 6.08 Å². The van der Waals surface area contributed by atoms with Crippen LogP contribution < -0.4 is 0 Å². The average molecular weight is 211 g/mol. The third-order valence-corrected chi connectivity index (χ3v) is 2.40. The molecule has 1 N–H and O–H groups in total. The number of rotatable bonds is 4. The van der Waals surface area contributed by atoms with Crippen LogP contribution in [0.3, 0.4) is 0 Å². The van der Waals surface area contributed by atoms with E-state index in [1.54, 1.807) is 6.92 Å². The molecular formula is C10H13NO4. The summed E-state index contributed by atoms with van der Waals surface area (Å²) >= 11 is 0. The second kappa shape index (κ2) is 4.25. The smallest absolute Gasteiger partial charge is 0.327 e. The quantitative estimate of drug-likeness (QED) is 0.540. The average Bonchev–Trinajstić information content (AvgIpc) is 2.38. The summed E-state index contributed by atoms with van der Waals surface area (Å²) in [5.74, 6) is -2.41. The van der Waals surface area contributed by atoms with Gasteiger partial charge in [-0.25, -0.2) is 4.79 Å². The molecule has 15 heavy (non-hydrogen) atoms. The van der Waals surface area contributed by atoms with Crippen LogP contribution in [0.25, 0.3) is 0 Å². The number of hydrogen-bond donors (Lipinski definition) is 1. The molecule has 1 fully saturated rings. The van der Waals surface area contributed by atoms with E-state index in [1.807, 2.05) is 0 Å². The van der Waals surface area contributed by atoms with Gasteiger partial charge in [0, 0.05) is 12.3 Å². The molecule has 1 rings (SSSR count). The summed E-state index contributed by atoms with van der Waals surface area (Å²) in [5.41, 5.74) is 0. The van der Waals surface area contributed by atoms with E-state index in [0.29, 0.717) is 0 Å². The van der Waals surface area contributed by atoms with Gasteiger partial charge in [0.05, 0.1) is 0 Å². The molecule has 0 bridgehead atoms. The largest absolute Gasteiger partial charge is 0.480 e. The van der Waals surface area contributed by atoms with Gasteiger partial charge in [-0.05, 0) is 6.42 Å². The van der Waals surface area contributed by atoms with Gasteiger partial charge in [0.15, 0.2) is 0 Å². The first-order chi connectivity index (χ1) is 6.99. The second-order valence-corrected chi connectivity index (χ2v) is 3.59. The fraction of sp³-hybridized carbons (Fsp3) is 0.500. The number of amides is 2. The number of aliphatic carboxylic acids is 1. The minimum Gasteiger partial charge on any atom is -0.480 e. The Kier molecular flexibility index (Phi) is 3.24. The van der Waals surface area contributed by atoms with Crippen molar-refractivity contribution in [1.82, 2.24) is 4.90 Å². The van der Waals surface area contributed by atoms with Crippen molar-refractivity contribution in [2.45, 2.75) is 25.8 Å². The molecule has 1 saturated heterocycles. The van der Waals surface area contributed by atoms with Crippen molar-refractivity contribution >= 4 is 17.8 Å². The summed E-state index contributed by atoms with van der Waals surface area (Å²) in [7, 11) is 0. The monoisotopic (exact) mass is 211 g/mol. The zero-order chi connectivity index (χ0) is 11.6. The molecule has 2 amide bonds. The second-order valence-electron chi connectivity index (χ2n) is 3.59. The highest BCUT2D eigenvalue weighted by Gasteiger charge is 2.42. The summed E-state index contributed by atoms with van der Waals surface area (Å²) in [6.45, 7) is 5.03. The van der Waals surface area contributed by atoms with Crippen molar-refractivity contribution in [3.8, 4) is 0 Å². The van der Waals surface area contributed by atoms with Crippen LogP contribution in [0.4, 0.5) is 0 Å². The number of nitrogens with zero attached hydrogens (tertiary/aromatic N) is 1. The van der Waals surface area contributed by atoms with Crippen LogP contribution >= 0.6 is 0 Å². The first-order valence-corrected chi connectivity index (χ1v) is 4.68. The van der Waals surface area contributed by atoms with E-state index in [9.17, 15) is 14.4 Å². The van der Waals surface area contributed by atoms with Crippen molar-refractivity contribution in [3.05, 3.63) is 12.7 Å². The topological polar surface area (TPSA) is 74.7 Å². The minimum atomic E-state index is -1.18. The van der Waals surface area contributed by atoms with Crippen molar-refractivity contribution in [3.63, 3.8) is 0 Å². The molecule has 0 aromatic rings. The molecular weight excluding hydrogens is 198 g/mol. The summed E-state index contributed by atoms with van der Waals surface area (Å²) in [4.78, 5) is 34.7. The van der Waals surface area contributed by atoms with Crippen molar-refractivity contribution in [2.75, 3.05) is 0 Å². The lowest BCUT2D eigenvalue weighted by atomic mass is 10.1. The van der Waals surface area contributed by atoms with E-state index in [4.69, 9.17) is 5.11 Å². The molecule has 1 aliphatic rings. The highest BCUT2D eigenvalue weighted by molar-refractivity contribution is 6.06. The van der Waals surface area contributed by atoms with E-state index in [2.05, 4.69) is 6.58 Å². The Labute approximate surface area is 87.4 Å². The standard InChI is InChI=1S/C10H13NO4/c1-3-4-7(10(14)15)11-8(12)5-6(2)9(11)13/h3,6-7H,1,4-5H2,2H3,(H,14,15). The molecule has 0 spiro atoms. The molecule has 0 aromatic carbocycles. The predicted molar refractivity (Wildman–Crippen MR) is 51.9 cm³/mol. The molecule has 82 valence electrons. The lowest BCUT2D eigenvalue weighted by Gasteiger charge is -2.21. The van der Waals surface area contributed by atoms with Crippen LogP contribution in [0.1, 0.15) is 19.8 Å². The maximum atomic E-state index is 11.5. The number of hydrogen-bond acceptors (Lipinski definition) is 3. The first kappa shape index (κ1) is 11.4. The third kappa shape index (κ3) is 2.06. The zero-order valence-electron chi connectivity index (χ0n) is 8.47. The molecule has 2 atom stereocenters. The van der Waals surface area contributed by atoms with Crippen LogP contribution in [-0.4, -0.2) is 33.8 Å². The molecule has 0 aromatic heterocycles. The van der Waals surface area contributed by atoms with Crippen LogP contribution in [0.2, 0.25) is 0 Å². The van der Waals surface area contributed by atoms with Crippen LogP contribution in [0.15, 0.2) is 12.7 Å². The van der Waals surface area contributed by atoms with E-state index >= 15 is 0 Å². The molecule has 1 aliphatic heterocycles. The van der Waals surface area contributed by atoms with Crippen molar-refractivity contribution < 1.29 is 19.5 Å². The van der Waals surface area contributed by atoms with Crippen LogP contribution in [-0.2, 0) is 14.4 Å². The van der Waals surface area contributed by atoms with Gasteiger partial charge in [-0.15, -0.1) is 6.58 Å². The lowest BCUT2D eigenvalue weighted by molar-refractivity contribution is -0.154. The fourth-order valence-electron chi connectivity index (χ4n) is 1.61. The number of carboxylic acids is 1. The van der Waals surface area contributed by atoms with E-state index < -0.39 is 29.7 Å². The summed E-state index contributed by atoms with van der Waals surface area (Å²) < 4.78 is 0. The summed E-state index contributed by atoms with van der Waals surface area (Å²) in [5, 5.41) is 8.89. The van der Waals surface area contributed by atoms with E-state index in [0.717, 1.165) is 4.90 Å². The number of carbonyl (C=O) groups is 3. The van der Waals surface area contributed by atoms with Gasteiger partial charge in [-0.1, -0.05) is 13.0 Å². The number of likely N-dealkylation sites (tertiary alicyclic amines) is 1. The molecule has 2 unspecified atom stereocenters. The maximum absolute atomic E-state index is 11.5. The number of carbonyl (C=O) groups excluding carboxylic acids is 2. The normalized spacial score (nSPS) is 23.0. The van der Waals surface area contributed by atoms with Crippen molar-refractivity contribution in [2.24, 2.45) is 5.92 Å². The van der Waals surface area contributed by atoms with Gasteiger partial charge in [-0.3, -0.25) is 14.5 Å². The zero-order valence-corrected chi connectivity index (χ0v) is 8.47. The Bertz CT molecular complexity index is 323. The summed E-state index contributed by atoms with van der Waals surface area (Å²) in [6.07, 6.45) is 1.57. The Morgan fingerprint density at radius 2 is 2.33 bits per heavy atom. The molecule has 1 heterocycles. The highest BCUT2D eigenvalue weighted by atomic mass is 16.4. The highest BCUT2D eigenvalue weighted by Crippen LogP contribution is 2.22. The Morgan fingerprint density at radius 1 is 1.73 bits per heavy atom. The Balaban J connectivity index is 2.92. The maximum Gasteiger partial charge on any atom is 0.327 e. The van der Waals surface area contributed by atoms with Gasteiger partial charge in [0.1, 0.15) is 6.04 Å². The molecule has 5 nitrogen and oxygen atoms in total. The third-order valence-electron chi connectivity index (χ3n) is 2.40. The number of imide groups is 1. The molecule has 0 radical (unpaired) electrons. The Morgan fingerprint density at radius 3 is 2.67 bits per heavy atom. The summed E-state index contributed by atoms with van der Waals surface area (Å²) in [6, 6.07) is -1.10. The molecule has 0 aliphatic carbocycles. The molecule has 5 heteroatoms. The minimum absolute atomic E-state index is 0.0829. The first-order valence-electron chi connectivity index (χ1n) is 4.68.